The van der Waals surface area contributed by atoms with E-state index in [9.17, 15) is 14.4 Å². The lowest BCUT2D eigenvalue weighted by atomic mass is 9.70. The zero-order valence-electron chi connectivity index (χ0n) is 24.6. The fraction of sp³-hybridized carbons (Fsp3) is 0.571. The maximum absolute atomic E-state index is 13.8. The average Bonchev–Trinajstić information content (AvgIpc) is 2.98. The van der Waals surface area contributed by atoms with Crippen molar-refractivity contribution in [3.8, 4) is 0 Å². The van der Waals surface area contributed by atoms with Crippen molar-refractivity contribution in [3.05, 3.63) is 64.3 Å². The van der Waals surface area contributed by atoms with Crippen LogP contribution in [0.1, 0.15) is 131 Å². The van der Waals surface area contributed by atoms with Crippen LogP contribution < -0.4 is 0 Å². The molecule has 0 heterocycles. The molecule has 0 aromatic heterocycles. The summed E-state index contributed by atoms with van der Waals surface area (Å²) in [4.78, 5) is 38.4. The molecule has 1 aromatic rings. The molecule has 38 heavy (non-hydrogen) atoms. The van der Waals surface area contributed by atoms with Crippen LogP contribution in [0.3, 0.4) is 0 Å². The van der Waals surface area contributed by atoms with E-state index in [2.05, 4.69) is 71.1 Å². The van der Waals surface area contributed by atoms with Gasteiger partial charge in [0.1, 0.15) is 11.6 Å². The van der Waals surface area contributed by atoms with Gasteiger partial charge >= 0.3 is 0 Å². The largest absolute Gasteiger partial charge is 0.300 e. The third-order valence-corrected chi connectivity index (χ3v) is 8.55. The van der Waals surface area contributed by atoms with Crippen LogP contribution in [-0.2, 0) is 16.0 Å². The minimum atomic E-state index is -0.0949. The molecule has 0 radical (unpaired) electrons. The Kier molecular flexibility index (Phi) is 11.1. The monoisotopic (exact) mass is 516 g/mol. The van der Waals surface area contributed by atoms with Crippen molar-refractivity contribution in [2.45, 2.75) is 112 Å². The van der Waals surface area contributed by atoms with Crippen molar-refractivity contribution >= 4 is 22.9 Å². The number of Topliss-reactive ketones (excluding diaryl/α,β-unsaturated/α-hetero) is 3. The lowest BCUT2D eigenvalue weighted by molar-refractivity contribution is -0.129. The quantitative estimate of drug-likeness (QED) is 0.276. The van der Waals surface area contributed by atoms with Gasteiger partial charge in [0.2, 0.25) is 0 Å². The molecule has 3 atom stereocenters. The summed E-state index contributed by atoms with van der Waals surface area (Å²) < 4.78 is 0. The molecule has 0 saturated carbocycles. The van der Waals surface area contributed by atoms with Gasteiger partial charge in [0.05, 0.1) is 6.42 Å². The van der Waals surface area contributed by atoms with Crippen molar-refractivity contribution in [2.24, 2.45) is 17.8 Å². The number of hydrogen-bond acceptors (Lipinski definition) is 3. The predicted molar refractivity (Wildman–Crippen MR) is 159 cm³/mol. The second kappa shape index (κ2) is 14.0. The summed E-state index contributed by atoms with van der Waals surface area (Å²) in [5.74, 6) is 0.995. The van der Waals surface area contributed by atoms with Crippen molar-refractivity contribution in [1.82, 2.24) is 0 Å². The molecule has 0 amide bonds. The van der Waals surface area contributed by atoms with Gasteiger partial charge in [-0.25, -0.2) is 0 Å². The van der Waals surface area contributed by atoms with E-state index >= 15 is 0 Å². The summed E-state index contributed by atoms with van der Waals surface area (Å²) in [7, 11) is 0. The summed E-state index contributed by atoms with van der Waals surface area (Å²) in [6.07, 6.45) is 19.0. The van der Waals surface area contributed by atoms with Crippen molar-refractivity contribution in [1.29, 1.82) is 0 Å². The van der Waals surface area contributed by atoms with Crippen LogP contribution in [0.15, 0.2) is 36.4 Å². The molecular weight excluding hydrogens is 468 g/mol. The van der Waals surface area contributed by atoms with E-state index < -0.39 is 0 Å². The second-order valence-electron chi connectivity index (χ2n) is 11.8. The summed E-state index contributed by atoms with van der Waals surface area (Å²) in [6, 6.07) is 2.38. The molecule has 3 nitrogen and oxygen atoms in total. The Morgan fingerprint density at radius 1 is 1.08 bits per heavy atom. The fourth-order valence-electron chi connectivity index (χ4n) is 6.80. The SMILES string of the molecule is CCCC(CC1CC(=O)c2c(C)c(C3=CC/C=C\C=C/CC3)cc(C(C)C)c2C1)C(CC)C(=O)CC(C)=O. The molecule has 2 aliphatic rings. The molecule has 3 unspecified atom stereocenters. The summed E-state index contributed by atoms with van der Waals surface area (Å²) >= 11 is 0. The Hall–Kier alpha value is -2.55. The molecule has 0 fully saturated rings. The first-order chi connectivity index (χ1) is 18.2. The van der Waals surface area contributed by atoms with Gasteiger partial charge in [0, 0.05) is 17.9 Å². The smallest absolute Gasteiger partial charge is 0.163 e. The summed E-state index contributed by atoms with van der Waals surface area (Å²) in [5, 5.41) is 0. The Morgan fingerprint density at radius 2 is 1.82 bits per heavy atom. The lowest BCUT2D eigenvalue weighted by Gasteiger charge is -2.34. The highest BCUT2D eigenvalue weighted by Crippen LogP contribution is 2.41. The fourth-order valence-corrected chi connectivity index (χ4v) is 6.80. The molecule has 2 aliphatic carbocycles. The molecule has 0 bridgehead atoms. The number of allylic oxidation sites excluding steroid dienone is 6. The van der Waals surface area contributed by atoms with Gasteiger partial charge in [-0.05, 0) is 98.0 Å². The third-order valence-electron chi connectivity index (χ3n) is 8.55. The number of rotatable bonds is 11. The van der Waals surface area contributed by atoms with Gasteiger partial charge < -0.3 is 0 Å². The third kappa shape index (κ3) is 7.30. The maximum atomic E-state index is 13.8. The van der Waals surface area contributed by atoms with Crippen LogP contribution in [0.25, 0.3) is 5.57 Å². The summed E-state index contributed by atoms with van der Waals surface area (Å²) in [6.45, 7) is 12.3. The van der Waals surface area contributed by atoms with Crippen molar-refractivity contribution < 1.29 is 14.4 Å². The summed E-state index contributed by atoms with van der Waals surface area (Å²) in [5.41, 5.74) is 7.23. The van der Waals surface area contributed by atoms with Crippen molar-refractivity contribution in [2.75, 3.05) is 0 Å². The topological polar surface area (TPSA) is 51.2 Å². The average molecular weight is 517 g/mol. The van der Waals surface area contributed by atoms with Gasteiger partial charge in [0.15, 0.2) is 5.78 Å². The molecule has 206 valence electrons. The standard InChI is InChI=1S/C35H48O3/c1-7-15-28(29(8-2)33(37)18-24(5)36)19-26-20-32-30(23(3)4)22-31(25(6)35(32)34(38)21-26)27-16-13-11-9-10-12-14-17-27/h9-12,16,22-23,26,28-29H,7-8,13-15,17-21H2,1-6H3/b11-9-,12-10-,27-16?. The molecule has 0 spiro atoms. The van der Waals surface area contributed by atoms with E-state index in [0.717, 1.165) is 62.5 Å². The number of carbonyl (C=O) groups excluding carboxylic acids is 3. The number of hydrogen-bond donors (Lipinski definition) is 0. The van der Waals surface area contributed by atoms with Crippen molar-refractivity contribution in [3.63, 3.8) is 0 Å². The molecule has 3 rings (SSSR count). The van der Waals surface area contributed by atoms with Crippen LogP contribution in [0.5, 0.6) is 0 Å². The van der Waals surface area contributed by atoms with E-state index in [1.807, 2.05) is 0 Å². The molecule has 0 saturated heterocycles. The van der Waals surface area contributed by atoms with Gasteiger partial charge in [-0.3, -0.25) is 14.4 Å². The van der Waals surface area contributed by atoms with Gasteiger partial charge in [-0.15, -0.1) is 0 Å². The van der Waals surface area contributed by atoms with E-state index in [1.165, 1.54) is 29.2 Å². The van der Waals surface area contributed by atoms with Gasteiger partial charge in [0.25, 0.3) is 0 Å². The molecule has 3 heteroatoms. The highest BCUT2D eigenvalue weighted by atomic mass is 16.1. The highest BCUT2D eigenvalue weighted by Gasteiger charge is 2.35. The van der Waals surface area contributed by atoms with Crippen LogP contribution in [-0.4, -0.2) is 17.3 Å². The second-order valence-corrected chi connectivity index (χ2v) is 11.8. The number of fused-ring (bicyclic) bond motifs is 1. The first kappa shape index (κ1) is 30.0. The molecular formula is C35H48O3. The van der Waals surface area contributed by atoms with E-state index in [4.69, 9.17) is 0 Å². The van der Waals surface area contributed by atoms with Crippen LogP contribution in [0, 0.1) is 24.7 Å². The van der Waals surface area contributed by atoms with Gasteiger partial charge in [-0.1, -0.05) is 77.0 Å². The predicted octanol–water partition coefficient (Wildman–Crippen LogP) is 8.92. The van der Waals surface area contributed by atoms with E-state index in [-0.39, 0.29) is 41.5 Å². The molecule has 0 N–H and O–H groups in total. The van der Waals surface area contributed by atoms with E-state index in [0.29, 0.717) is 12.3 Å². The first-order valence-electron chi connectivity index (χ1n) is 14.9. The highest BCUT2D eigenvalue weighted by molar-refractivity contribution is 6.02. The Bertz CT molecular complexity index is 1110. The lowest BCUT2D eigenvalue weighted by Crippen LogP contribution is -2.30. The zero-order valence-corrected chi connectivity index (χ0v) is 24.6. The van der Waals surface area contributed by atoms with Crippen LogP contribution in [0.2, 0.25) is 0 Å². The Labute approximate surface area is 230 Å². The first-order valence-corrected chi connectivity index (χ1v) is 14.9. The number of carbonyl (C=O) groups is 3. The minimum Gasteiger partial charge on any atom is -0.300 e. The van der Waals surface area contributed by atoms with E-state index in [1.54, 1.807) is 0 Å². The zero-order chi connectivity index (χ0) is 27.8. The molecule has 0 aliphatic heterocycles. The minimum absolute atomic E-state index is 0.0338. The maximum Gasteiger partial charge on any atom is 0.163 e. The van der Waals surface area contributed by atoms with Crippen LogP contribution in [0.4, 0.5) is 0 Å². The normalized spacial score (nSPS) is 21.0. The molecule has 1 aromatic carbocycles. The van der Waals surface area contributed by atoms with Gasteiger partial charge in [-0.2, -0.15) is 0 Å². The Morgan fingerprint density at radius 3 is 2.47 bits per heavy atom. The number of ketones is 3. The number of benzene rings is 1. The Balaban J connectivity index is 1.96. The van der Waals surface area contributed by atoms with Crippen LogP contribution >= 0.6 is 0 Å².